The lowest BCUT2D eigenvalue weighted by atomic mass is 10.4. The van der Waals surface area contributed by atoms with Gasteiger partial charge in [-0.3, -0.25) is 0 Å². The molecule has 74 valence electrons. The van der Waals surface area contributed by atoms with Gasteiger partial charge in [0, 0.05) is 0 Å². The van der Waals surface area contributed by atoms with E-state index < -0.39 is 16.1 Å². The quantitative estimate of drug-likeness (QED) is 0.782. The van der Waals surface area contributed by atoms with Crippen LogP contribution in [0.15, 0.2) is 10.6 Å². The van der Waals surface area contributed by atoms with Crippen molar-refractivity contribution in [3.8, 4) is 0 Å². The van der Waals surface area contributed by atoms with E-state index in [0.717, 1.165) is 6.26 Å². The number of hydrogen-bond acceptors (Lipinski definition) is 4. The lowest BCUT2D eigenvalue weighted by Gasteiger charge is -2.06. The number of aryl methyl sites for hydroxylation is 1. The zero-order valence-corrected chi connectivity index (χ0v) is 8.55. The predicted octanol–water partition coefficient (Wildman–Crippen LogP) is 0.593. The third kappa shape index (κ3) is 3.16. The van der Waals surface area contributed by atoms with Crippen LogP contribution in [0.4, 0.5) is 0 Å². The average molecular weight is 204 g/mol. The van der Waals surface area contributed by atoms with Gasteiger partial charge in [0.1, 0.15) is 5.76 Å². The molecule has 0 fully saturated rings. The second-order valence-electron chi connectivity index (χ2n) is 2.92. The first-order valence-electron chi connectivity index (χ1n) is 3.78. The maximum Gasteiger partial charge on any atom is 0.212 e. The van der Waals surface area contributed by atoms with Gasteiger partial charge in [-0.25, -0.2) is 18.1 Å². The molecule has 0 spiro atoms. The largest absolute Gasteiger partial charge is 0.444 e. The number of hydrogen-bond donors (Lipinski definition) is 1. The van der Waals surface area contributed by atoms with Gasteiger partial charge >= 0.3 is 0 Å². The van der Waals surface area contributed by atoms with Gasteiger partial charge in [0.25, 0.3) is 0 Å². The van der Waals surface area contributed by atoms with Crippen molar-refractivity contribution in [1.29, 1.82) is 0 Å². The Kier molecular flexibility index (Phi) is 2.72. The monoisotopic (exact) mass is 204 g/mol. The summed E-state index contributed by atoms with van der Waals surface area (Å²) in [5.74, 6) is 1.04. The molecule has 6 heteroatoms. The van der Waals surface area contributed by atoms with Crippen molar-refractivity contribution in [2.45, 2.75) is 19.9 Å². The number of nitrogens with zero attached hydrogens (tertiary/aromatic N) is 1. The van der Waals surface area contributed by atoms with Crippen molar-refractivity contribution in [3.05, 3.63) is 17.8 Å². The number of nitrogens with one attached hydrogen (secondary N) is 1. The molecule has 0 bridgehead atoms. The van der Waals surface area contributed by atoms with Crippen LogP contribution in [0.2, 0.25) is 0 Å². The number of aromatic nitrogens is 1. The first-order valence-corrected chi connectivity index (χ1v) is 5.67. The van der Waals surface area contributed by atoms with Crippen molar-refractivity contribution >= 4 is 10.0 Å². The first-order chi connectivity index (χ1) is 5.88. The fourth-order valence-electron chi connectivity index (χ4n) is 0.944. The topological polar surface area (TPSA) is 72.2 Å². The summed E-state index contributed by atoms with van der Waals surface area (Å²) in [5.41, 5.74) is 0. The van der Waals surface area contributed by atoms with E-state index in [4.69, 9.17) is 4.42 Å². The number of rotatable bonds is 3. The normalized spacial score (nSPS) is 14.4. The van der Waals surface area contributed by atoms with Crippen molar-refractivity contribution < 1.29 is 12.8 Å². The Morgan fingerprint density at radius 1 is 1.62 bits per heavy atom. The van der Waals surface area contributed by atoms with Crippen LogP contribution >= 0.6 is 0 Å². The summed E-state index contributed by atoms with van der Waals surface area (Å²) in [6, 6.07) is -0.427. The van der Waals surface area contributed by atoms with Crippen LogP contribution < -0.4 is 4.72 Å². The molecule has 0 aromatic carbocycles. The van der Waals surface area contributed by atoms with E-state index in [1.807, 2.05) is 0 Å². The molecule has 1 N–H and O–H groups in total. The van der Waals surface area contributed by atoms with Crippen molar-refractivity contribution in [2.75, 3.05) is 6.26 Å². The van der Waals surface area contributed by atoms with E-state index in [9.17, 15) is 8.42 Å². The summed E-state index contributed by atoms with van der Waals surface area (Å²) >= 11 is 0. The maximum atomic E-state index is 10.8. The van der Waals surface area contributed by atoms with Crippen molar-refractivity contribution in [3.63, 3.8) is 0 Å². The third-order valence-electron chi connectivity index (χ3n) is 1.40. The molecule has 0 radical (unpaired) electrons. The lowest BCUT2D eigenvalue weighted by Crippen LogP contribution is -2.25. The third-order valence-corrected chi connectivity index (χ3v) is 2.18. The van der Waals surface area contributed by atoms with Crippen LogP contribution in [-0.4, -0.2) is 19.7 Å². The van der Waals surface area contributed by atoms with E-state index in [1.165, 1.54) is 0 Å². The summed E-state index contributed by atoms with van der Waals surface area (Å²) in [4.78, 5) is 3.91. The van der Waals surface area contributed by atoms with Gasteiger partial charge < -0.3 is 4.42 Å². The fourth-order valence-corrected chi connectivity index (χ4v) is 1.69. The summed E-state index contributed by atoms with van der Waals surface area (Å²) in [5, 5.41) is 0. The second kappa shape index (κ2) is 3.47. The molecule has 0 aliphatic rings. The van der Waals surface area contributed by atoms with Gasteiger partial charge in [-0.2, -0.15) is 0 Å². The molecule has 13 heavy (non-hydrogen) atoms. The van der Waals surface area contributed by atoms with E-state index in [-0.39, 0.29) is 0 Å². The fraction of sp³-hybridized carbons (Fsp3) is 0.571. The van der Waals surface area contributed by atoms with E-state index in [0.29, 0.717) is 11.7 Å². The van der Waals surface area contributed by atoms with Crippen LogP contribution in [-0.2, 0) is 10.0 Å². The highest BCUT2D eigenvalue weighted by Crippen LogP contribution is 2.12. The van der Waals surface area contributed by atoms with Gasteiger partial charge in [0.15, 0.2) is 0 Å². The summed E-state index contributed by atoms with van der Waals surface area (Å²) in [6.07, 6.45) is 2.65. The second-order valence-corrected chi connectivity index (χ2v) is 4.70. The molecule has 1 aromatic rings. The van der Waals surface area contributed by atoms with E-state index >= 15 is 0 Å². The number of oxazole rings is 1. The summed E-state index contributed by atoms with van der Waals surface area (Å²) in [6.45, 7) is 3.43. The summed E-state index contributed by atoms with van der Waals surface area (Å²) < 4.78 is 29.2. The molecule has 1 atom stereocenters. The minimum atomic E-state index is -3.21. The molecule has 1 heterocycles. The number of sulfonamides is 1. The Balaban J connectivity index is 2.75. The minimum Gasteiger partial charge on any atom is -0.444 e. The molecule has 1 aromatic heterocycles. The van der Waals surface area contributed by atoms with Crippen LogP contribution in [0.3, 0.4) is 0 Å². The Bertz CT molecular complexity index is 382. The molecule has 0 saturated carbocycles. The average Bonchev–Trinajstić information content (AvgIpc) is 2.31. The lowest BCUT2D eigenvalue weighted by molar-refractivity contribution is 0.428. The van der Waals surface area contributed by atoms with E-state index in [2.05, 4.69) is 9.71 Å². The van der Waals surface area contributed by atoms with Crippen molar-refractivity contribution in [1.82, 2.24) is 9.71 Å². The van der Waals surface area contributed by atoms with Gasteiger partial charge in [0.2, 0.25) is 15.9 Å². The molecule has 0 amide bonds. The van der Waals surface area contributed by atoms with Gasteiger partial charge in [-0.15, -0.1) is 0 Å². The highest BCUT2D eigenvalue weighted by Gasteiger charge is 2.14. The zero-order chi connectivity index (χ0) is 10.1. The van der Waals surface area contributed by atoms with Crippen LogP contribution in [0.25, 0.3) is 0 Å². The van der Waals surface area contributed by atoms with Gasteiger partial charge in [-0.05, 0) is 13.8 Å². The standard InChI is InChI=1S/C7H12N2O3S/c1-5-4-8-7(12-5)6(2)9-13(3,10)11/h4,6,9H,1-3H3. The Morgan fingerprint density at radius 3 is 2.62 bits per heavy atom. The predicted molar refractivity (Wildman–Crippen MR) is 47.6 cm³/mol. The Morgan fingerprint density at radius 2 is 2.23 bits per heavy atom. The maximum absolute atomic E-state index is 10.8. The van der Waals surface area contributed by atoms with Gasteiger partial charge in [-0.1, -0.05) is 0 Å². The van der Waals surface area contributed by atoms with Crippen LogP contribution in [0.5, 0.6) is 0 Å². The van der Waals surface area contributed by atoms with Crippen LogP contribution in [0.1, 0.15) is 24.6 Å². The Labute approximate surface area is 77.2 Å². The molecule has 1 unspecified atom stereocenters. The van der Waals surface area contributed by atoms with E-state index in [1.54, 1.807) is 20.0 Å². The Hall–Kier alpha value is -0.880. The molecule has 0 aliphatic heterocycles. The molecule has 5 nitrogen and oxygen atoms in total. The molecular formula is C7H12N2O3S. The highest BCUT2D eigenvalue weighted by atomic mass is 32.2. The molecule has 0 aliphatic carbocycles. The molecule has 0 saturated heterocycles. The SMILES string of the molecule is Cc1cnc(C(C)NS(C)(=O)=O)o1. The first kappa shape index (κ1) is 10.2. The van der Waals surface area contributed by atoms with Crippen molar-refractivity contribution in [2.24, 2.45) is 0 Å². The minimum absolute atomic E-state index is 0.378. The zero-order valence-electron chi connectivity index (χ0n) is 7.73. The highest BCUT2D eigenvalue weighted by molar-refractivity contribution is 7.88. The van der Waals surface area contributed by atoms with Gasteiger partial charge in [0.05, 0.1) is 18.5 Å². The summed E-state index contributed by atoms with van der Waals surface area (Å²) in [7, 11) is -3.21. The molecule has 1 rings (SSSR count). The smallest absolute Gasteiger partial charge is 0.212 e. The molecular weight excluding hydrogens is 192 g/mol. The van der Waals surface area contributed by atoms with Crippen LogP contribution in [0, 0.1) is 6.92 Å².